The largest absolute Gasteiger partial charge is 0.431 e. The molecule has 0 fully saturated rings. The maximum atomic E-state index is 11.5. The topological polar surface area (TPSA) is 0 Å². The fourth-order valence-electron chi connectivity index (χ4n) is 0.144. The SMILES string of the molecule is FC(F)(F)P(=S)(I)C(F)(F)F. The van der Waals surface area contributed by atoms with Crippen LogP contribution < -0.4 is 0 Å². The summed E-state index contributed by atoms with van der Waals surface area (Å²) in [6, 6.07) is 0. The van der Waals surface area contributed by atoms with E-state index < -0.39 is 15.5 Å². The summed E-state index contributed by atoms with van der Waals surface area (Å²) in [5.74, 6) is -10.7. The lowest BCUT2D eigenvalue weighted by molar-refractivity contribution is -0.0793. The second kappa shape index (κ2) is 3.02. The van der Waals surface area contributed by atoms with Crippen LogP contribution >= 0.6 is 25.7 Å². The summed E-state index contributed by atoms with van der Waals surface area (Å²) in [6.07, 6.45) is 0. The molecule has 9 heteroatoms. The van der Waals surface area contributed by atoms with Crippen molar-refractivity contribution < 1.29 is 26.3 Å². The lowest BCUT2D eigenvalue weighted by Gasteiger charge is -2.20. The van der Waals surface area contributed by atoms with Crippen molar-refractivity contribution in [2.75, 3.05) is 0 Å². The van der Waals surface area contributed by atoms with Crippen LogP contribution in [0.1, 0.15) is 0 Å². The van der Waals surface area contributed by atoms with Gasteiger partial charge in [-0.05, 0) is 22.0 Å². The van der Waals surface area contributed by atoms with Crippen LogP contribution in [0, 0.1) is 0 Å². The third kappa shape index (κ3) is 2.45. The molecule has 11 heavy (non-hydrogen) atoms. The van der Waals surface area contributed by atoms with Crippen LogP contribution in [0.4, 0.5) is 26.3 Å². The maximum absolute atomic E-state index is 11.5. The lowest BCUT2D eigenvalue weighted by Crippen LogP contribution is -2.17. The highest BCUT2D eigenvalue weighted by Crippen LogP contribution is 2.77. The average molecular weight is 328 g/mol. The Hall–Kier alpha value is 0.960. The first-order valence-corrected chi connectivity index (χ1v) is 7.52. The Kier molecular flexibility index (Phi) is 3.29. The number of hydrogen-bond donors (Lipinski definition) is 0. The highest BCUT2D eigenvalue weighted by molar-refractivity contribution is 14.2. The van der Waals surface area contributed by atoms with Crippen molar-refractivity contribution in [1.82, 2.24) is 0 Å². The smallest absolute Gasteiger partial charge is 0.165 e. The van der Waals surface area contributed by atoms with Crippen molar-refractivity contribution >= 4 is 37.5 Å². The molecule has 0 saturated carbocycles. The standard InChI is InChI=1S/C2F6IPS/c3-1(4,5)10(9,11)2(6,7)8. The predicted molar refractivity (Wildman–Crippen MR) is 40.4 cm³/mol. The summed E-state index contributed by atoms with van der Waals surface area (Å²) in [5.41, 5.74) is 0. The zero-order valence-electron chi connectivity index (χ0n) is 4.50. The molecule has 0 aromatic heterocycles. The summed E-state index contributed by atoms with van der Waals surface area (Å²) in [7, 11) is 0. The minimum Gasteiger partial charge on any atom is -0.165 e. The van der Waals surface area contributed by atoms with Crippen molar-refractivity contribution in [3.63, 3.8) is 0 Å². The van der Waals surface area contributed by atoms with Crippen molar-refractivity contribution in [2.45, 2.75) is 11.8 Å². The number of alkyl halides is 6. The molecule has 0 nitrogen and oxygen atoms in total. The van der Waals surface area contributed by atoms with Gasteiger partial charge in [0.2, 0.25) is 3.68 Å². The van der Waals surface area contributed by atoms with Crippen LogP contribution in [0.5, 0.6) is 0 Å². The number of hydrogen-bond acceptors (Lipinski definition) is 1. The highest BCUT2D eigenvalue weighted by atomic mass is 127. The van der Waals surface area contributed by atoms with Gasteiger partial charge < -0.3 is 0 Å². The van der Waals surface area contributed by atoms with Gasteiger partial charge in [-0.15, -0.1) is 0 Å². The molecule has 0 heterocycles. The molecule has 0 aliphatic heterocycles. The summed E-state index contributed by atoms with van der Waals surface area (Å²) in [6.45, 7) is 0. The Morgan fingerprint density at radius 2 is 1.09 bits per heavy atom. The lowest BCUT2D eigenvalue weighted by atomic mass is 11.5. The van der Waals surface area contributed by atoms with Crippen LogP contribution in [0.2, 0.25) is 0 Å². The normalized spacial score (nSPS) is 15.2. The van der Waals surface area contributed by atoms with Gasteiger partial charge in [0.25, 0.3) is 0 Å². The molecule has 0 amide bonds. The van der Waals surface area contributed by atoms with E-state index in [0.717, 1.165) is 0 Å². The van der Waals surface area contributed by atoms with Crippen molar-refractivity contribution in [1.29, 1.82) is 0 Å². The van der Waals surface area contributed by atoms with E-state index in [9.17, 15) is 26.3 Å². The van der Waals surface area contributed by atoms with Gasteiger partial charge in [0, 0.05) is 0 Å². The minimum absolute atomic E-state index is 0.265. The third-order valence-electron chi connectivity index (χ3n) is 0.652. The maximum Gasteiger partial charge on any atom is 0.431 e. The number of halogens is 7. The van der Waals surface area contributed by atoms with Gasteiger partial charge in [0.15, 0.2) is 0 Å². The van der Waals surface area contributed by atoms with E-state index in [2.05, 4.69) is 11.8 Å². The van der Waals surface area contributed by atoms with E-state index in [0.29, 0.717) is 0 Å². The Morgan fingerprint density at radius 1 is 0.909 bits per heavy atom. The predicted octanol–water partition coefficient (Wildman–Crippen LogP) is 3.86. The quantitative estimate of drug-likeness (QED) is 0.370. The summed E-state index contributed by atoms with van der Waals surface area (Å²) < 4.78 is 64.0. The average Bonchev–Trinajstić information content (AvgIpc) is 1.58. The van der Waals surface area contributed by atoms with E-state index in [4.69, 9.17) is 0 Å². The van der Waals surface area contributed by atoms with E-state index in [1.54, 1.807) is 0 Å². The van der Waals surface area contributed by atoms with Gasteiger partial charge in [-0.1, -0.05) is 11.8 Å². The fraction of sp³-hybridized carbons (Fsp3) is 1.00. The first kappa shape index (κ1) is 12.0. The molecule has 0 spiro atoms. The van der Waals surface area contributed by atoms with Crippen molar-refractivity contribution in [2.24, 2.45) is 0 Å². The second-order valence-corrected chi connectivity index (χ2v) is 11.5. The van der Waals surface area contributed by atoms with Gasteiger partial charge in [0.1, 0.15) is 0 Å². The molecule has 0 radical (unpaired) electrons. The first-order valence-electron chi connectivity index (χ1n) is 1.93. The van der Waals surface area contributed by atoms with Crippen molar-refractivity contribution in [3.05, 3.63) is 0 Å². The zero-order chi connectivity index (χ0) is 9.50. The fourth-order valence-corrected chi connectivity index (χ4v) is 0.431. The van der Waals surface area contributed by atoms with Gasteiger partial charge >= 0.3 is 11.8 Å². The Morgan fingerprint density at radius 3 is 1.09 bits per heavy atom. The molecule has 0 aliphatic carbocycles. The van der Waals surface area contributed by atoms with Crippen LogP contribution in [0.25, 0.3) is 0 Å². The molecular formula is C2F6IPS. The molecule has 0 aliphatic rings. The van der Waals surface area contributed by atoms with E-state index >= 15 is 0 Å². The first-order chi connectivity index (χ1) is 4.50. The van der Waals surface area contributed by atoms with E-state index in [1.165, 1.54) is 0 Å². The molecular weight excluding hydrogens is 328 g/mol. The van der Waals surface area contributed by atoms with Crippen LogP contribution in [-0.4, -0.2) is 11.8 Å². The van der Waals surface area contributed by atoms with Crippen LogP contribution in [0.15, 0.2) is 0 Å². The molecule has 0 aromatic carbocycles. The molecule has 0 aromatic rings. The molecule has 0 unspecified atom stereocenters. The van der Waals surface area contributed by atoms with E-state index in [-0.39, 0.29) is 22.0 Å². The van der Waals surface area contributed by atoms with Gasteiger partial charge in [-0.2, -0.15) is 26.3 Å². The van der Waals surface area contributed by atoms with Crippen LogP contribution in [0.3, 0.4) is 0 Å². The molecule has 68 valence electrons. The second-order valence-electron chi connectivity index (χ2n) is 1.47. The molecule has 0 N–H and O–H groups in total. The minimum atomic E-state index is -5.33. The Balaban J connectivity index is 4.92. The van der Waals surface area contributed by atoms with Gasteiger partial charge in [-0.25, -0.2) is 0 Å². The monoisotopic (exact) mass is 328 g/mol. The summed E-state index contributed by atoms with van der Waals surface area (Å²) in [5, 5.41) is 0. The molecule has 0 bridgehead atoms. The van der Waals surface area contributed by atoms with Gasteiger partial charge in [0.05, 0.1) is 0 Å². The van der Waals surface area contributed by atoms with Crippen LogP contribution in [-0.2, 0) is 11.8 Å². The molecule has 0 rings (SSSR count). The zero-order valence-corrected chi connectivity index (χ0v) is 8.37. The Labute approximate surface area is 75.8 Å². The Bertz CT molecular complexity index is 174. The van der Waals surface area contributed by atoms with Crippen molar-refractivity contribution in [3.8, 4) is 0 Å². The van der Waals surface area contributed by atoms with E-state index in [1.807, 2.05) is 0 Å². The third-order valence-corrected chi connectivity index (χ3v) is 6.48. The summed E-state index contributed by atoms with van der Waals surface area (Å²) in [4.78, 5) is 0. The highest BCUT2D eigenvalue weighted by Gasteiger charge is 2.61. The summed E-state index contributed by atoms with van der Waals surface area (Å²) >= 11 is 3.73. The number of rotatable bonds is 0. The molecule has 0 saturated heterocycles. The van der Waals surface area contributed by atoms with Gasteiger partial charge in [-0.3, -0.25) is 0 Å². The molecule has 0 atom stereocenters.